The summed E-state index contributed by atoms with van der Waals surface area (Å²) in [4.78, 5) is 28.1. The number of nitrogens with one attached hydrogen (secondary N) is 1. The molecule has 0 fully saturated rings. The van der Waals surface area contributed by atoms with Gasteiger partial charge in [-0.25, -0.2) is 14.2 Å². The van der Waals surface area contributed by atoms with Crippen LogP contribution in [0.3, 0.4) is 0 Å². The summed E-state index contributed by atoms with van der Waals surface area (Å²) in [5.74, 6) is -1.12. The molecule has 6 nitrogen and oxygen atoms in total. The van der Waals surface area contributed by atoms with E-state index in [0.29, 0.717) is 17.1 Å². The molecule has 2 aromatic rings. The predicted octanol–water partition coefficient (Wildman–Crippen LogP) is 1.94. The molecule has 0 saturated heterocycles. The van der Waals surface area contributed by atoms with Gasteiger partial charge in [0.2, 0.25) is 5.76 Å². The van der Waals surface area contributed by atoms with E-state index in [9.17, 15) is 14.0 Å². The van der Waals surface area contributed by atoms with Crippen molar-refractivity contribution in [2.24, 2.45) is 0 Å². The smallest absolute Gasteiger partial charge is 0.328 e. The molecule has 0 spiro atoms. The molecule has 0 aliphatic rings. The molecule has 122 valence electrons. The van der Waals surface area contributed by atoms with E-state index in [4.69, 9.17) is 9.15 Å². The summed E-state index contributed by atoms with van der Waals surface area (Å²) in [6, 6.07) is 4.75. The van der Waals surface area contributed by atoms with E-state index >= 15 is 0 Å². The fourth-order valence-electron chi connectivity index (χ4n) is 2.16. The van der Waals surface area contributed by atoms with Gasteiger partial charge in [-0.1, -0.05) is 12.1 Å². The minimum atomic E-state index is -0.914. The number of methoxy groups -OCH3 is 1. The van der Waals surface area contributed by atoms with E-state index < -0.39 is 17.9 Å². The molecule has 2 rings (SSSR count). The number of ether oxygens (including phenoxy) is 1. The number of hydrogen-bond donors (Lipinski definition) is 1. The summed E-state index contributed by atoms with van der Waals surface area (Å²) in [6.07, 6.45) is 0.171. The Bertz CT molecular complexity index is 709. The van der Waals surface area contributed by atoms with Crippen LogP contribution in [-0.2, 0) is 16.0 Å². The third-order valence-corrected chi connectivity index (χ3v) is 3.25. The monoisotopic (exact) mass is 320 g/mol. The largest absolute Gasteiger partial charge is 0.467 e. The van der Waals surface area contributed by atoms with Crippen LogP contribution in [0, 0.1) is 19.7 Å². The van der Waals surface area contributed by atoms with Gasteiger partial charge in [-0.15, -0.1) is 0 Å². The van der Waals surface area contributed by atoms with Gasteiger partial charge in [0.15, 0.2) is 5.89 Å². The van der Waals surface area contributed by atoms with Gasteiger partial charge >= 0.3 is 5.97 Å². The van der Waals surface area contributed by atoms with Crippen LogP contribution in [0.2, 0.25) is 0 Å². The number of oxazole rings is 1. The molecule has 0 bridgehead atoms. The van der Waals surface area contributed by atoms with Crippen molar-refractivity contribution in [3.8, 4) is 0 Å². The summed E-state index contributed by atoms with van der Waals surface area (Å²) in [7, 11) is 1.23. The van der Waals surface area contributed by atoms with Crippen LogP contribution in [0.15, 0.2) is 28.7 Å². The van der Waals surface area contributed by atoms with Gasteiger partial charge in [0.1, 0.15) is 11.9 Å². The van der Waals surface area contributed by atoms with Gasteiger partial charge in [-0.3, -0.25) is 4.79 Å². The Morgan fingerprint density at radius 2 is 1.96 bits per heavy atom. The Morgan fingerprint density at radius 3 is 2.48 bits per heavy atom. The Labute approximate surface area is 132 Å². The number of amides is 1. The molecule has 0 saturated carbocycles. The zero-order valence-corrected chi connectivity index (χ0v) is 13.1. The third-order valence-electron chi connectivity index (χ3n) is 3.25. The zero-order chi connectivity index (χ0) is 17.0. The van der Waals surface area contributed by atoms with E-state index in [1.807, 2.05) is 0 Å². The van der Waals surface area contributed by atoms with Crippen molar-refractivity contribution < 1.29 is 23.1 Å². The molecule has 1 amide bonds. The maximum Gasteiger partial charge on any atom is 0.328 e. The summed E-state index contributed by atoms with van der Waals surface area (Å²) in [5, 5.41) is 2.56. The normalized spacial score (nSPS) is 11.8. The number of halogens is 1. The second kappa shape index (κ2) is 7.04. The second-order valence-electron chi connectivity index (χ2n) is 5.03. The molecule has 0 aliphatic carbocycles. The highest BCUT2D eigenvalue weighted by Crippen LogP contribution is 2.11. The van der Waals surface area contributed by atoms with Crippen LogP contribution in [0.1, 0.15) is 27.7 Å². The number of benzene rings is 1. The first-order chi connectivity index (χ1) is 10.9. The molecule has 0 aliphatic heterocycles. The van der Waals surface area contributed by atoms with Gasteiger partial charge in [-0.05, 0) is 24.6 Å². The Kier molecular flexibility index (Phi) is 5.10. The predicted molar refractivity (Wildman–Crippen MR) is 79.4 cm³/mol. The van der Waals surface area contributed by atoms with E-state index in [0.717, 1.165) is 0 Å². The van der Waals surface area contributed by atoms with Crippen LogP contribution >= 0.6 is 0 Å². The number of aryl methyl sites for hydroxylation is 2. The Balaban J connectivity index is 2.15. The molecule has 1 atom stereocenters. The number of nitrogens with zero attached hydrogens (tertiary/aromatic N) is 1. The number of esters is 1. The highest BCUT2D eigenvalue weighted by atomic mass is 19.1. The lowest BCUT2D eigenvalue weighted by Crippen LogP contribution is -2.43. The molecule has 1 aromatic carbocycles. The van der Waals surface area contributed by atoms with Crippen LogP contribution in [0.4, 0.5) is 4.39 Å². The molecule has 1 unspecified atom stereocenters. The maximum absolute atomic E-state index is 12.9. The first kappa shape index (κ1) is 16.7. The number of hydrogen-bond acceptors (Lipinski definition) is 5. The van der Waals surface area contributed by atoms with Gasteiger partial charge < -0.3 is 14.5 Å². The van der Waals surface area contributed by atoms with Crippen LogP contribution in [-0.4, -0.2) is 30.0 Å². The van der Waals surface area contributed by atoms with Crippen LogP contribution in [0.5, 0.6) is 0 Å². The van der Waals surface area contributed by atoms with Crippen molar-refractivity contribution in [2.45, 2.75) is 26.3 Å². The average Bonchev–Trinajstić information content (AvgIpc) is 2.86. The molecule has 0 radical (unpaired) electrons. The topological polar surface area (TPSA) is 81.4 Å². The zero-order valence-electron chi connectivity index (χ0n) is 13.1. The van der Waals surface area contributed by atoms with Crippen molar-refractivity contribution in [3.05, 3.63) is 53.0 Å². The lowest BCUT2D eigenvalue weighted by atomic mass is 10.1. The lowest BCUT2D eigenvalue weighted by molar-refractivity contribution is -0.142. The standard InChI is InChI=1S/C16H17FN2O4/c1-9-14(23-10(2)18-9)15(20)19-13(16(21)22-3)8-11-4-6-12(17)7-5-11/h4-7,13H,8H2,1-3H3,(H,19,20). The summed E-state index contributed by atoms with van der Waals surface area (Å²) in [5.41, 5.74) is 1.12. The van der Waals surface area contributed by atoms with Crippen LogP contribution < -0.4 is 5.32 Å². The Hall–Kier alpha value is -2.70. The number of carbonyl (C=O) groups is 2. The fraction of sp³-hybridized carbons (Fsp3) is 0.312. The van der Waals surface area contributed by atoms with Crippen molar-refractivity contribution in [2.75, 3.05) is 7.11 Å². The summed E-state index contributed by atoms with van der Waals surface area (Å²) < 4.78 is 22.9. The lowest BCUT2D eigenvalue weighted by Gasteiger charge is -2.16. The first-order valence-corrected chi connectivity index (χ1v) is 6.98. The van der Waals surface area contributed by atoms with E-state index in [-0.39, 0.29) is 18.0 Å². The van der Waals surface area contributed by atoms with Crippen molar-refractivity contribution >= 4 is 11.9 Å². The minimum absolute atomic E-state index is 0.0514. The van der Waals surface area contributed by atoms with Crippen molar-refractivity contribution in [1.29, 1.82) is 0 Å². The number of carbonyl (C=O) groups excluding carboxylic acids is 2. The quantitative estimate of drug-likeness (QED) is 0.852. The summed E-state index contributed by atoms with van der Waals surface area (Å²) in [6.45, 7) is 3.26. The SMILES string of the molecule is COC(=O)C(Cc1ccc(F)cc1)NC(=O)c1oc(C)nc1C. The first-order valence-electron chi connectivity index (χ1n) is 6.98. The molecule has 7 heteroatoms. The average molecular weight is 320 g/mol. The molecule has 1 N–H and O–H groups in total. The number of rotatable bonds is 5. The molecule has 1 aromatic heterocycles. The minimum Gasteiger partial charge on any atom is -0.467 e. The van der Waals surface area contributed by atoms with Crippen LogP contribution in [0.25, 0.3) is 0 Å². The van der Waals surface area contributed by atoms with Crippen molar-refractivity contribution in [1.82, 2.24) is 10.3 Å². The van der Waals surface area contributed by atoms with E-state index in [1.54, 1.807) is 26.0 Å². The second-order valence-corrected chi connectivity index (χ2v) is 5.03. The fourth-order valence-corrected chi connectivity index (χ4v) is 2.16. The maximum atomic E-state index is 12.9. The van der Waals surface area contributed by atoms with Crippen molar-refractivity contribution in [3.63, 3.8) is 0 Å². The highest BCUT2D eigenvalue weighted by Gasteiger charge is 2.25. The molecule has 1 heterocycles. The molecule has 23 heavy (non-hydrogen) atoms. The molecular weight excluding hydrogens is 303 g/mol. The summed E-state index contributed by atoms with van der Waals surface area (Å²) >= 11 is 0. The van der Waals surface area contributed by atoms with Gasteiger partial charge in [0.05, 0.1) is 12.8 Å². The highest BCUT2D eigenvalue weighted by molar-refractivity contribution is 5.95. The molecular formula is C16H17FN2O4. The third kappa shape index (κ3) is 4.15. The van der Waals surface area contributed by atoms with Gasteiger partial charge in [0, 0.05) is 13.3 Å². The van der Waals surface area contributed by atoms with Gasteiger partial charge in [-0.2, -0.15) is 0 Å². The number of aromatic nitrogens is 1. The van der Waals surface area contributed by atoms with E-state index in [2.05, 4.69) is 10.3 Å². The Morgan fingerprint density at radius 1 is 1.30 bits per heavy atom. The van der Waals surface area contributed by atoms with Gasteiger partial charge in [0.25, 0.3) is 5.91 Å². The van der Waals surface area contributed by atoms with E-state index in [1.165, 1.54) is 19.2 Å².